The van der Waals surface area contributed by atoms with E-state index in [0.717, 1.165) is 0 Å². The number of carbonyl (C=O) groups excluding carboxylic acids is 1. The molecule has 6 nitrogen and oxygen atoms in total. The molecule has 0 bridgehead atoms. The first kappa shape index (κ1) is 25.2. The van der Waals surface area contributed by atoms with Gasteiger partial charge >= 0.3 is 6.18 Å². The van der Waals surface area contributed by atoms with Crippen LogP contribution >= 0.6 is 24.0 Å². The quantitative estimate of drug-likeness (QED) is 0.288. The van der Waals surface area contributed by atoms with Crippen molar-refractivity contribution in [2.45, 2.75) is 46.3 Å². The van der Waals surface area contributed by atoms with Crippen molar-refractivity contribution >= 4 is 35.8 Å². The third-order valence-electron chi connectivity index (χ3n) is 3.94. The number of guanidine groups is 1. The molecule has 26 heavy (non-hydrogen) atoms. The summed E-state index contributed by atoms with van der Waals surface area (Å²) in [7, 11) is 0. The molecule has 3 N–H and O–H groups in total. The monoisotopic (exact) mass is 493 g/mol. The molecule has 1 aliphatic rings. The zero-order chi connectivity index (χ0) is 19.1. The predicted molar refractivity (Wildman–Crippen MR) is 108 cm³/mol. The molecular formula is C16H31F3IN5O. The molecule has 0 aromatic heterocycles. The number of halogens is 4. The van der Waals surface area contributed by atoms with E-state index in [4.69, 9.17) is 0 Å². The number of rotatable bonds is 7. The highest BCUT2D eigenvalue weighted by Crippen LogP contribution is 2.20. The van der Waals surface area contributed by atoms with E-state index in [2.05, 4.69) is 20.9 Å². The average Bonchev–Trinajstić information content (AvgIpc) is 2.90. The Bertz CT molecular complexity index is 471. The number of likely N-dealkylation sites (tertiary alicyclic amines) is 1. The zero-order valence-electron chi connectivity index (χ0n) is 15.9. The Hall–Kier alpha value is -0.780. The molecule has 1 heterocycles. The number of nitrogens with one attached hydrogen (secondary N) is 3. The van der Waals surface area contributed by atoms with Gasteiger partial charge in [-0.2, -0.15) is 13.2 Å². The molecule has 0 saturated carbocycles. The van der Waals surface area contributed by atoms with E-state index in [9.17, 15) is 18.0 Å². The van der Waals surface area contributed by atoms with Gasteiger partial charge < -0.3 is 16.0 Å². The lowest BCUT2D eigenvalue weighted by atomic mass is 9.92. The van der Waals surface area contributed by atoms with Gasteiger partial charge in [-0.1, -0.05) is 0 Å². The van der Waals surface area contributed by atoms with E-state index in [0.29, 0.717) is 38.6 Å². The van der Waals surface area contributed by atoms with Crippen molar-refractivity contribution in [3.63, 3.8) is 0 Å². The first-order valence-corrected chi connectivity index (χ1v) is 8.69. The fourth-order valence-corrected chi connectivity index (χ4v) is 2.61. The van der Waals surface area contributed by atoms with E-state index < -0.39 is 18.1 Å². The number of hydrogen-bond acceptors (Lipinski definition) is 3. The summed E-state index contributed by atoms with van der Waals surface area (Å²) in [5.74, 6) is 0.450. The van der Waals surface area contributed by atoms with Crippen molar-refractivity contribution in [2.75, 3.05) is 39.3 Å². The number of nitrogens with zero attached hydrogens (tertiary/aromatic N) is 2. The van der Waals surface area contributed by atoms with Gasteiger partial charge in [0.1, 0.15) is 0 Å². The Morgan fingerprint density at radius 2 is 1.81 bits per heavy atom. The van der Waals surface area contributed by atoms with Crippen LogP contribution in [0.3, 0.4) is 0 Å². The summed E-state index contributed by atoms with van der Waals surface area (Å²) in [4.78, 5) is 17.9. The lowest BCUT2D eigenvalue weighted by molar-refractivity contribution is -0.143. The molecule has 1 amide bonds. The molecule has 1 fully saturated rings. The summed E-state index contributed by atoms with van der Waals surface area (Å²) in [5.41, 5.74) is -0.656. The maximum absolute atomic E-state index is 12.5. The largest absolute Gasteiger partial charge is 0.401 e. The fraction of sp³-hybridized carbons (Fsp3) is 0.875. The van der Waals surface area contributed by atoms with Crippen LogP contribution in [0.15, 0.2) is 4.99 Å². The molecule has 1 aliphatic heterocycles. The third kappa shape index (κ3) is 9.24. The lowest BCUT2D eigenvalue weighted by Gasteiger charge is -2.23. The topological polar surface area (TPSA) is 68.8 Å². The summed E-state index contributed by atoms with van der Waals surface area (Å²) in [6, 6.07) is -0.0901. The van der Waals surface area contributed by atoms with Gasteiger partial charge in [0, 0.05) is 32.2 Å². The molecular weight excluding hydrogens is 462 g/mol. The van der Waals surface area contributed by atoms with Gasteiger partial charge in [-0.3, -0.25) is 14.7 Å². The van der Waals surface area contributed by atoms with Crippen LogP contribution in [0.2, 0.25) is 0 Å². The molecule has 0 aromatic carbocycles. The zero-order valence-corrected chi connectivity index (χ0v) is 18.2. The van der Waals surface area contributed by atoms with E-state index in [1.807, 2.05) is 27.7 Å². The Balaban J connectivity index is 0.00000625. The van der Waals surface area contributed by atoms with E-state index in [1.54, 1.807) is 0 Å². The normalized spacial score (nSPS) is 19.0. The second-order valence-corrected chi connectivity index (χ2v) is 6.92. The number of aliphatic imine (C=N–C) groups is 1. The van der Waals surface area contributed by atoms with Gasteiger partial charge in [-0.15, -0.1) is 24.0 Å². The van der Waals surface area contributed by atoms with E-state index in [-0.39, 0.29) is 42.5 Å². The van der Waals surface area contributed by atoms with Crippen molar-refractivity contribution in [1.29, 1.82) is 0 Å². The summed E-state index contributed by atoms with van der Waals surface area (Å²) < 4.78 is 37.4. The van der Waals surface area contributed by atoms with Crippen molar-refractivity contribution in [3.8, 4) is 0 Å². The Kier molecular flexibility index (Phi) is 10.8. The first-order valence-electron chi connectivity index (χ1n) is 8.69. The molecule has 0 radical (unpaired) electrons. The van der Waals surface area contributed by atoms with Gasteiger partial charge in [-0.05, 0) is 34.1 Å². The molecule has 0 spiro atoms. The van der Waals surface area contributed by atoms with Crippen LogP contribution in [0.4, 0.5) is 13.2 Å². The summed E-state index contributed by atoms with van der Waals surface area (Å²) >= 11 is 0. The summed E-state index contributed by atoms with van der Waals surface area (Å²) in [6.07, 6.45) is -3.55. The Morgan fingerprint density at radius 3 is 2.35 bits per heavy atom. The summed E-state index contributed by atoms with van der Waals surface area (Å²) in [6.45, 7) is 8.71. The van der Waals surface area contributed by atoms with Crippen LogP contribution in [0, 0.1) is 5.41 Å². The molecule has 1 saturated heterocycles. The molecule has 1 unspecified atom stereocenters. The maximum atomic E-state index is 12.5. The Labute approximate surface area is 170 Å². The van der Waals surface area contributed by atoms with Crippen LogP contribution in [0.5, 0.6) is 0 Å². The molecule has 0 aromatic rings. The van der Waals surface area contributed by atoms with Crippen LogP contribution in [-0.2, 0) is 4.79 Å². The van der Waals surface area contributed by atoms with E-state index in [1.165, 1.54) is 4.90 Å². The summed E-state index contributed by atoms with van der Waals surface area (Å²) in [5, 5.41) is 9.04. The highest BCUT2D eigenvalue weighted by Gasteiger charge is 2.34. The fourth-order valence-electron chi connectivity index (χ4n) is 2.61. The van der Waals surface area contributed by atoms with Gasteiger partial charge in [-0.25, -0.2) is 0 Å². The smallest absolute Gasteiger partial charge is 0.357 e. The average molecular weight is 493 g/mol. The number of carbonyl (C=O) groups is 1. The van der Waals surface area contributed by atoms with Gasteiger partial charge in [0.2, 0.25) is 5.91 Å². The highest BCUT2D eigenvalue weighted by atomic mass is 127. The number of hydrogen-bond donors (Lipinski definition) is 3. The number of amides is 1. The van der Waals surface area contributed by atoms with Gasteiger partial charge in [0.05, 0.1) is 18.5 Å². The van der Waals surface area contributed by atoms with Crippen molar-refractivity contribution in [1.82, 2.24) is 20.9 Å². The standard InChI is InChI=1S/C16H30F3N5O.HI/c1-5-20-13(25)15(3,4)10-22-14(21-6-2)23-12-7-8-24(9-12)11-16(17,18)19;/h12H,5-11H2,1-4H3,(H,20,25)(H2,21,22,23);1H. The minimum absolute atomic E-state index is 0. The highest BCUT2D eigenvalue weighted by molar-refractivity contribution is 14.0. The second kappa shape index (κ2) is 11.2. The molecule has 10 heteroatoms. The van der Waals surface area contributed by atoms with Crippen LogP contribution < -0.4 is 16.0 Å². The SMILES string of the molecule is CCNC(=O)C(C)(C)CN=C(NCC)NC1CCN(CC(F)(F)F)C1.I. The molecule has 1 atom stereocenters. The van der Waals surface area contributed by atoms with Crippen molar-refractivity contribution < 1.29 is 18.0 Å². The minimum atomic E-state index is -4.18. The lowest BCUT2D eigenvalue weighted by Crippen LogP contribution is -2.46. The molecule has 0 aliphatic carbocycles. The van der Waals surface area contributed by atoms with E-state index >= 15 is 0 Å². The molecule has 1 rings (SSSR count). The third-order valence-corrected chi connectivity index (χ3v) is 3.94. The van der Waals surface area contributed by atoms with Crippen LogP contribution in [0.25, 0.3) is 0 Å². The van der Waals surface area contributed by atoms with Crippen LogP contribution in [-0.4, -0.2) is 68.3 Å². The maximum Gasteiger partial charge on any atom is 0.401 e. The van der Waals surface area contributed by atoms with Crippen LogP contribution in [0.1, 0.15) is 34.1 Å². The van der Waals surface area contributed by atoms with Crippen molar-refractivity contribution in [3.05, 3.63) is 0 Å². The minimum Gasteiger partial charge on any atom is -0.357 e. The number of alkyl halides is 3. The van der Waals surface area contributed by atoms with Gasteiger partial charge in [0.15, 0.2) is 5.96 Å². The Morgan fingerprint density at radius 1 is 1.19 bits per heavy atom. The second-order valence-electron chi connectivity index (χ2n) is 6.92. The first-order chi connectivity index (χ1) is 11.6. The molecule has 154 valence electrons. The van der Waals surface area contributed by atoms with Gasteiger partial charge in [0.25, 0.3) is 0 Å². The predicted octanol–water partition coefficient (Wildman–Crippen LogP) is 1.96. The van der Waals surface area contributed by atoms with Crippen molar-refractivity contribution in [2.24, 2.45) is 10.4 Å².